The van der Waals surface area contributed by atoms with Gasteiger partial charge in [0, 0.05) is 63.6 Å². The summed E-state index contributed by atoms with van der Waals surface area (Å²) in [6, 6.07) is 10.3. The number of hydrogen-bond donors (Lipinski definition) is 0. The molecule has 0 atom stereocenters. The van der Waals surface area contributed by atoms with E-state index in [0.717, 1.165) is 56.6 Å². The van der Waals surface area contributed by atoms with Crippen molar-refractivity contribution in [2.45, 2.75) is 33.6 Å². The van der Waals surface area contributed by atoms with Crippen LogP contribution in [0.15, 0.2) is 30.3 Å². The molecule has 2 aromatic rings. The highest BCUT2D eigenvalue weighted by Crippen LogP contribution is 2.21. The van der Waals surface area contributed by atoms with Crippen LogP contribution in [0.1, 0.15) is 38.6 Å². The number of carbonyl (C=O) groups excluding carboxylic acids is 1. The molecule has 1 aliphatic heterocycles. The van der Waals surface area contributed by atoms with E-state index in [-0.39, 0.29) is 5.91 Å². The van der Waals surface area contributed by atoms with E-state index < -0.39 is 0 Å². The number of aromatic nitrogens is 2. The fourth-order valence-electron chi connectivity index (χ4n) is 3.63. The number of anilines is 1. The maximum Gasteiger partial charge on any atom is 0.224 e. The highest BCUT2D eigenvalue weighted by Gasteiger charge is 2.22. The Labute approximate surface area is 178 Å². The lowest BCUT2D eigenvalue weighted by molar-refractivity contribution is -0.132. The van der Waals surface area contributed by atoms with Gasteiger partial charge < -0.3 is 14.7 Å². The quantitative estimate of drug-likeness (QED) is 0.630. The molecule has 1 amide bonds. The Kier molecular flexibility index (Phi) is 8.00. The molecule has 0 N–H and O–H groups in total. The minimum absolute atomic E-state index is 0.253. The van der Waals surface area contributed by atoms with Crippen molar-refractivity contribution in [3.63, 3.8) is 0 Å². The number of benzene rings is 1. The third kappa shape index (κ3) is 6.51. The zero-order valence-corrected chi connectivity index (χ0v) is 18.7. The molecule has 0 spiro atoms. The molecule has 1 fully saturated rings. The smallest absolute Gasteiger partial charge is 0.224 e. The van der Waals surface area contributed by atoms with Crippen LogP contribution < -0.4 is 4.90 Å². The van der Waals surface area contributed by atoms with Crippen molar-refractivity contribution < 1.29 is 4.79 Å². The number of hydrogen-bond acceptors (Lipinski definition) is 6. The number of nitrogens with zero attached hydrogens (tertiary/aromatic N) is 5. The zero-order valence-electron chi connectivity index (χ0n) is 17.9. The fraction of sp³-hybridized carbons (Fsp3) is 0.591. The lowest BCUT2D eigenvalue weighted by atomic mass is 10.1. The lowest BCUT2D eigenvalue weighted by Crippen LogP contribution is -2.49. The summed E-state index contributed by atoms with van der Waals surface area (Å²) in [5.74, 6) is 1.61. The number of carbonyl (C=O) groups is 1. The van der Waals surface area contributed by atoms with Crippen LogP contribution in [-0.2, 0) is 11.2 Å². The van der Waals surface area contributed by atoms with Crippen molar-refractivity contribution in [2.24, 2.45) is 5.92 Å². The molecule has 29 heavy (non-hydrogen) atoms. The van der Waals surface area contributed by atoms with Crippen molar-refractivity contribution in [3.8, 4) is 0 Å². The molecule has 6 nitrogen and oxygen atoms in total. The third-order valence-electron chi connectivity index (χ3n) is 5.29. The van der Waals surface area contributed by atoms with E-state index in [1.54, 1.807) is 0 Å². The predicted octanol–water partition coefficient (Wildman–Crippen LogP) is 3.15. The molecule has 1 aromatic heterocycles. The van der Waals surface area contributed by atoms with Crippen LogP contribution in [0.25, 0.3) is 0 Å². The highest BCUT2D eigenvalue weighted by atomic mass is 32.1. The van der Waals surface area contributed by atoms with Crippen LogP contribution in [0.4, 0.5) is 5.13 Å². The van der Waals surface area contributed by atoms with Crippen LogP contribution in [0.5, 0.6) is 0 Å². The van der Waals surface area contributed by atoms with E-state index in [1.165, 1.54) is 17.1 Å². The van der Waals surface area contributed by atoms with Crippen molar-refractivity contribution in [2.75, 3.05) is 50.7 Å². The van der Waals surface area contributed by atoms with Crippen molar-refractivity contribution in [3.05, 3.63) is 41.7 Å². The largest absolute Gasteiger partial charge is 0.346 e. The molecule has 3 rings (SSSR count). The normalized spacial score (nSPS) is 15.1. The van der Waals surface area contributed by atoms with Crippen molar-refractivity contribution in [1.82, 2.24) is 19.2 Å². The minimum atomic E-state index is 0.253. The molecule has 0 radical (unpaired) electrons. The van der Waals surface area contributed by atoms with Crippen LogP contribution in [-0.4, -0.2) is 70.9 Å². The molecular formula is C22H33N5OS. The van der Waals surface area contributed by atoms with E-state index in [4.69, 9.17) is 4.98 Å². The lowest BCUT2D eigenvalue weighted by Gasteiger charge is -2.34. The van der Waals surface area contributed by atoms with Gasteiger partial charge in [0.05, 0.1) is 0 Å². The van der Waals surface area contributed by atoms with E-state index in [1.807, 2.05) is 23.1 Å². The molecule has 0 saturated carbocycles. The average molecular weight is 416 g/mol. The summed E-state index contributed by atoms with van der Waals surface area (Å²) in [7, 11) is 0. The Morgan fingerprint density at radius 1 is 1.17 bits per heavy atom. The monoisotopic (exact) mass is 415 g/mol. The predicted molar refractivity (Wildman–Crippen MR) is 120 cm³/mol. The Bertz CT molecular complexity index is 756. The first kappa shape index (κ1) is 21.7. The van der Waals surface area contributed by atoms with Gasteiger partial charge in [-0.05, 0) is 18.0 Å². The first-order chi connectivity index (χ1) is 14.0. The Hall–Kier alpha value is -1.99. The first-order valence-electron chi connectivity index (χ1n) is 10.7. The van der Waals surface area contributed by atoms with Gasteiger partial charge in [-0.15, -0.1) is 0 Å². The third-order valence-corrected chi connectivity index (χ3v) is 6.10. The minimum Gasteiger partial charge on any atom is -0.346 e. The molecule has 0 unspecified atom stereocenters. The zero-order chi connectivity index (χ0) is 20.6. The van der Waals surface area contributed by atoms with Gasteiger partial charge in [0.2, 0.25) is 11.0 Å². The molecule has 0 aliphatic carbocycles. The van der Waals surface area contributed by atoms with Crippen LogP contribution in [0.2, 0.25) is 0 Å². The molecule has 158 valence electrons. The molecule has 1 aromatic carbocycles. The van der Waals surface area contributed by atoms with Crippen molar-refractivity contribution >= 4 is 22.6 Å². The molecule has 1 saturated heterocycles. The van der Waals surface area contributed by atoms with Crippen LogP contribution in [0, 0.1) is 5.92 Å². The SMILES string of the molecule is CCN1CCN(C(=O)CCN(CC(C)C)c2nc(Cc3ccccc3)ns2)CC1. The Balaban J connectivity index is 1.57. The first-order valence-corrected chi connectivity index (χ1v) is 11.4. The maximum absolute atomic E-state index is 12.7. The van der Waals surface area contributed by atoms with Crippen molar-refractivity contribution in [1.29, 1.82) is 0 Å². The molecular weight excluding hydrogens is 382 g/mol. The summed E-state index contributed by atoms with van der Waals surface area (Å²) in [5.41, 5.74) is 1.22. The van der Waals surface area contributed by atoms with E-state index in [0.29, 0.717) is 18.9 Å². The van der Waals surface area contributed by atoms with Gasteiger partial charge in [0.15, 0.2) is 0 Å². The van der Waals surface area contributed by atoms with Gasteiger partial charge in [-0.2, -0.15) is 4.37 Å². The summed E-state index contributed by atoms with van der Waals surface area (Å²) >= 11 is 1.44. The fourth-order valence-corrected chi connectivity index (χ4v) is 4.35. The Morgan fingerprint density at radius 2 is 1.90 bits per heavy atom. The summed E-state index contributed by atoms with van der Waals surface area (Å²) in [6.45, 7) is 12.9. The number of rotatable bonds is 9. The summed E-state index contributed by atoms with van der Waals surface area (Å²) in [6.07, 6.45) is 1.28. The van der Waals surface area contributed by atoms with Crippen LogP contribution >= 0.6 is 11.5 Å². The van der Waals surface area contributed by atoms with E-state index in [9.17, 15) is 4.79 Å². The van der Waals surface area contributed by atoms with Gasteiger partial charge in [-0.3, -0.25) is 4.79 Å². The van der Waals surface area contributed by atoms with Gasteiger partial charge >= 0.3 is 0 Å². The standard InChI is InChI=1S/C22H33N5OS/c1-4-25-12-14-26(15-13-25)21(28)10-11-27(17-18(2)3)22-23-20(24-29-22)16-19-8-6-5-7-9-19/h5-9,18H,4,10-17H2,1-3H3. The summed E-state index contributed by atoms with van der Waals surface area (Å²) in [5, 5.41) is 0.924. The second-order valence-corrected chi connectivity index (χ2v) is 8.79. The topological polar surface area (TPSA) is 52.6 Å². The molecule has 1 aliphatic rings. The molecule has 7 heteroatoms. The summed E-state index contributed by atoms with van der Waals surface area (Å²) in [4.78, 5) is 24.1. The highest BCUT2D eigenvalue weighted by molar-refractivity contribution is 7.09. The molecule has 2 heterocycles. The average Bonchev–Trinajstić information content (AvgIpc) is 3.19. The van der Waals surface area contributed by atoms with Gasteiger partial charge in [0.25, 0.3) is 0 Å². The van der Waals surface area contributed by atoms with Gasteiger partial charge in [-0.1, -0.05) is 51.1 Å². The number of likely N-dealkylation sites (N-methyl/N-ethyl adjacent to an activating group) is 1. The number of amides is 1. The van der Waals surface area contributed by atoms with Gasteiger partial charge in [0.1, 0.15) is 5.82 Å². The van der Waals surface area contributed by atoms with Crippen LogP contribution in [0.3, 0.4) is 0 Å². The Morgan fingerprint density at radius 3 is 2.55 bits per heavy atom. The maximum atomic E-state index is 12.7. The van der Waals surface area contributed by atoms with Gasteiger partial charge in [-0.25, -0.2) is 4.98 Å². The second kappa shape index (κ2) is 10.7. The molecule has 0 bridgehead atoms. The number of piperazine rings is 1. The second-order valence-electron chi connectivity index (χ2n) is 8.06. The van der Waals surface area contributed by atoms with E-state index in [2.05, 4.69) is 47.1 Å². The van der Waals surface area contributed by atoms with E-state index >= 15 is 0 Å². The summed E-state index contributed by atoms with van der Waals surface area (Å²) < 4.78 is 4.56.